The molecule has 5 heteroatoms. The smallest absolute Gasteiger partial charge is 0.321 e. The normalized spacial score (nSPS) is 25.4. The van der Waals surface area contributed by atoms with Crippen molar-refractivity contribution < 1.29 is 23.9 Å². The summed E-state index contributed by atoms with van der Waals surface area (Å²) in [5.41, 5.74) is 0. The van der Waals surface area contributed by atoms with Crippen molar-refractivity contribution in [1.82, 2.24) is 0 Å². The van der Waals surface area contributed by atoms with Crippen LogP contribution in [0.25, 0.3) is 0 Å². The number of carbonyl (C=O) groups is 3. The Labute approximate surface area is 120 Å². The predicted molar refractivity (Wildman–Crippen MR) is 72.9 cm³/mol. The molecule has 0 aromatic rings. The molecule has 0 aliphatic carbocycles. The molecule has 3 atom stereocenters. The molecular formula is C15H24O5. The van der Waals surface area contributed by atoms with E-state index in [1.54, 1.807) is 6.92 Å². The van der Waals surface area contributed by atoms with Crippen molar-refractivity contribution in [2.45, 2.75) is 59.0 Å². The second-order valence-corrected chi connectivity index (χ2v) is 5.15. The lowest BCUT2D eigenvalue weighted by Gasteiger charge is -2.19. The zero-order valence-electron chi connectivity index (χ0n) is 12.5. The van der Waals surface area contributed by atoms with E-state index in [1.807, 2.05) is 13.8 Å². The minimum Gasteiger partial charge on any atom is -0.465 e. The Morgan fingerprint density at radius 3 is 2.45 bits per heavy atom. The number of Topliss-reactive ketones (excluding diaryl/α,β-unsaturated/α-hetero) is 1. The van der Waals surface area contributed by atoms with Gasteiger partial charge in [0, 0.05) is 18.8 Å². The Bertz CT molecular complexity index is 363. The Morgan fingerprint density at radius 1 is 1.20 bits per heavy atom. The first kappa shape index (κ1) is 16.7. The lowest BCUT2D eigenvalue weighted by atomic mass is 9.84. The topological polar surface area (TPSA) is 69.7 Å². The van der Waals surface area contributed by atoms with Gasteiger partial charge in [-0.05, 0) is 19.8 Å². The van der Waals surface area contributed by atoms with Crippen LogP contribution in [0.15, 0.2) is 0 Å². The summed E-state index contributed by atoms with van der Waals surface area (Å²) in [6, 6.07) is 0. The van der Waals surface area contributed by atoms with Gasteiger partial charge in [-0.2, -0.15) is 0 Å². The van der Waals surface area contributed by atoms with E-state index in [4.69, 9.17) is 9.47 Å². The maximum atomic E-state index is 11.9. The minimum absolute atomic E-state index is 0.0752. The molecule has 0 aromatic carbocycles. The van der Waals surface area contributed by atoms with E-state index in [1.165, 1.54) is 0 Å². The number of rotatable bonds is 8. The monoisotopic (exact) mass is 284 g/mol. The standard InChI is InChI=1S/C15H24O5/c1-4-7-10(16)9-11-12(8-5-2)20-15(18)13(11)14(17)19-6-3/h11-13H,4-9H2,1-3H3/t11-,12+,13-/m1/s1. The van der Waals surface area contributed by atoms with Crippen LogP contribution in [0.1, 0.15) is 52.9 Å². The van der Waals surface area contributed by atoms with Gasteiger partial charge >= 0.3 is 11.9 Å². The molecular weight excluding hydrogens is 260 g/mol. The summed E-state index contributed by atoms with van der Waals surface area (Å²) in [5, 5.41) is 0. The van der Waals surface area contributed by atoms with Crippen molar-refractivity contribution >= 4 is 17.7 Å². The molecule has 0 N–H and O–H groups in total. The van der Waals surface area contributed by atoms with E-state index in [0.29, 0.717) is 12.8 Å². The highest BCUT2D eigenvalue weighted by Gasteiger charge is 2.49. The number of ketones is 1. The highest BCUT2D eigenvalue weighted by molar-refractivity contribution is 5.97. The summed E-state index contributed by atoms with van der Waals surface area (Å²) in [4.78, 5) is 35.7. The zero-order valence-corrected chi connectivity index (χ0v) is 12.5. The highest BCUT2D eigenvalue weighted by atomic mass is 16.6. The molecule has 1 heterocycles. The van der Waals surface area contributed by atoms with E-state index >= 15 is 0 Å². The number of carbonyl (C=O) groups excluding carboxylic acids is 3. The van der Waals surface area contributed by atoms with E-state index in [-0.39, 0.29) is 30.8 Å². The quantitative estimate of drug-likeness (QED) is 0.505. The average molecular weight is 284 g/mol. The van der Waals surface area contributed by atoms with Gasteiger partial charge in [-0.15, -0.1) is 0 Å². The van der Waals surface area contributed by atoms with Crippen LogP contribution in [0, 0.1) is 11.8 Å². The van der Waals surface area contributed by atoms with Crippen LogP contribution in [-0.4, -0.2) is 30.4 Å². The predicted octanol–water partition coefficient (Wildman–Crippen LogP) is 2.27. The maximum Gasteiger partial charge on any atom is 0.321 e. The Morgan fingerprint density at radius 2 is 1.90 bits per heavy atom. The fraction of sp³-hybridized carbons (Fsp3) is 0.800. The number of hydrogen-bond acceptors (Lipinski definition) is 5. The van der Waals surface area contributed by atoms with E-state index in [0.717, 1.165) is 12.8 Å². The summed E-state index contributed by atoms with van der Waals surface area (Å²) < 4.78 is 10.2. The van der Waals surface area contributed by atoms with Crippen LogP contribution < -0.4 is 0 Å². The Balaban J connectivity index is 2.84. The molecule has 0 amide bonds. The minimum atomic E-state index is -0.938. The molecule has 114 valence electrons. The van der Waals surface area contributed by atoms with Crippen LogP contribution in [0.5, 0.6) is 0 Å². The van der Waals surface area contributed by atoms with Gasteiger partial charge in [-0.25, -0.2) is 0 Å². The fourth-order valence-corrected chi connectivity index (χ4v) is 2.65. The van der Waals surface area contributed by atoms with Gasteiger partial charge in [0.15, 0.2) is 5.92 Å². The van der Waals surface area contributed by atoms with Crippen molar-refractivity contribution in [2.75, 3.05) is 6.61 Å². The number of cyclic esters (lactones) is 1. The molecule has 20 heavy (non-hydrogen) atoms. The third-order valence-corrected chi connectivity index (χ3v) is 3.53. The van der Waals surface area contributed by atoms with Crippen molar-refractivity contribution in [2.24, 2.45) is 11.8 Å². The number of esters is 2. The first-order valence-electron chi connectivity index (χ1n) is 7.43. The molecule has 0 radical (unpaired) electrons. The van der Waals surface area contributed by atoms with Gasteiger partial charge in [0.1, 0.15) is 11.9 Å². The molecule has 1 aliphatic rings. The highest BCUT2D eigenvalue weighted by Crippen LogP contribution is 2.35. The largest absolute Gasteiger partial charge is 0.465 e. The molecule has 5 nitrogen and oxygen atoms in total. The average Bonchev–Trinajstić information content (AvgIpc) is 2.66. The molecule has 0 unspecified atom stereocenters. The SMILES string of the molecule is CCCC(=O)C[C@H]1[C@H](C(=O)OCC)C(=O)O[C@H]1CCC. The fourth-order valence-electron chi connectivity index (χ4n) is 2.65. The van der Waals surface area contributed by atoms with Gasteiger partial charge in [0.05, 0.1) is 6.61 Å². The zero-order chi connectivity index (χ0) is 15.1. The second kappa shape index (κ2) is 8.02. The van der Waals surface area contributed by atoms with Crippen LogP contribution >= 0.6 is 0 Å². The van der Waals surface area contributed by atoms with Gasteiger partial charge < -0.3 is 9.47 Å². The lowest BCUT2D eigenvalue weighted by Crippen LogP contribution is -2.31. The molecule has 1 saturated heterocycles. The van der Waals surface area contributed by atoms with Gasteiger partial charge in [-0.3, -0.25) is 14.4 Å². The summed E-state index contributed by atoms with van der Waals surface area (Å²) in [7, 11) is 0. The van der Waals surface area contributed by atoms with Crippen molar-refractivity contribution in [3.8, 4) is 0 Å². The van der Waals surface area contributed by atoms with Gasteiger partial charge in [0.2, 0.25) is 0 Å². The Kier molecular flexibility index (Phi) is 6.68. The summed E-state index contributed by atoms with van der Waals surface area (Å²) in [6.45, 7) is 5.83. The molecule has 0 aromatic heterocycles. The molecule has 0 bridgehead atoms. The summed E-state index contributed by atoms with van der Waals surface area (Å²) >= 11 is 0. The lowest BCUT2D eigenvalue weighted by molar-refractivity contribution is -0.156. The summed E-state index contributed by atoms with van der Waals surface area (Å²) in [6.07, 6.45) is 2.62. The van der Waals surface area contributed by atoms with Crippen LogP contribution in [0.3, 0.4) is 0 Å². The first-order chi connectivity index (χ1) is 9.54. The first-order valence-corrected chi connectivity index (χ1v) is 7.43. The van der Waals surface area contributed by atoms with Gasteiger partial charge in [0.25, 0.3) is 0 Å². The summed E-state index contributed by atoms with van der Waals surface area (Å²) in [5.74, 6) is -2.35. The number of hydrogen-bond donors (Lipinski definition) is 0. The maximum absolute atomic E-state index is 11.9. The molecule has 1 rings (SSSR count). The van der Waals surface area contributed by atoms with E-state index in [9.17, 15) is 14.4 Å². The third-order valence-electron chi connectivity index (χ3n) is 3.53. The van der Waals surface area contributed by atoms with E-state index in [2.05, 4.69) is 0 Å². The van der Waals surface area contributed by atoms with Crippen LogP contribution in [0.2, 0.25) is 0 Å². The van der Waals surface area contributed by atoms with Gasteiger partial charge in [-0.1, -0.05) is 20.3 Å². The molecule has 0 saturated carbocycles. The van der Waals surface area contributed by atoms with Crippen LogP contribution in [-0.2, 0) is 23.9 Å². The molecule has 1 fully saturated rings. The van der Waals surface area contributed by atoms with Crippen LogP contribution in [0.4, 0.5) is 0 Å². The molecule has 1 aliphatic heterocycles. The molecule has 0 spiro atoms. The Hall–Kier alpha value is -1.39. The number of ether oxygens (including phenoxy) is 2. The van der Waals surface area contributed by atoms with Crippen molar-refractivity contribution in [3.05, 3.63) is 0 Å². The van der Waals surface area contributed by atoms with Crippen molar-refractivity contribution in [3.63, 3.8) is 0 Å². The third kappa shape index (κ3) is 4.05. The second-order valence-electron chi connectivity index (χ2n) is 5.15. The van der Waals surface area contributed by atoms with Crippen molar-refractivity contribution in [1.29, 1.82) is 0 Å². The van der Waals surface area contributed by atoms with E-state index < -0.39 is 17.9 Å².